The molecule has 0 aliphatic heterocycles. The van der Waals surface area contributed by atoms with Crippen LogP contribution in [0.2, 0.25) is 0 Å². The Hall–Kier alpha value is -1.34. The summed E-state index contributed by atoms with van der Waals surface area (Å²) in [6.45, 7) is 0. The number of carbonyl (C=O) groups excluding carboxylic acids is 1. The molecule has 0 bridgehead atoms. The highest BCUT2D eigenvalue weighted by Gasteiger charge is 2.20. The number of hydrogen-bond acceptors (Lipinski definition) is 5. The van der Waals surface area contributed by atoms with Crippen LogP contribution < -0.4 is 10.9 Å². The number of carbonyl (C=O) groups is 1. The number of nitrogens with zero attached hydrogens (tertiary/aromatic N) is 1. The van der Waals surface area contributed by atoms with Gasteiger partial charge >= 0.3 is 0 Å². The summed E-state index contributed by atoms with van der Waals surface area (Å²) in [6, 6.07) is 0.361. The van der Waals surface area contributed by atoms with Gasteiger partial charge in [0.1, 0.15) is 10.7 Å². The third-order valence-corrected chi connectivity index (χ3v) is 7.20. The maximum atomic E-state index is 12.5. The molecule has 2 aromatic heterocycles. The largest absolute Gasteiger partial charge is 0.353 e. The summed E-state index contributed by atoms with van der Waals surface area (Å²) in [5.41, 5.74) is 1.20. The number of nitrogens with one attached hydrogen (secondary N) is 2. The molecule has 0 radical (unpaired) electrons. The van der Waals surface area contributed by atoms with Gasteiger partial charge in [-0.25, -0.2) is 4.98 Å². The predicted molar refractivity (Wildman–Crippen MR) is 103 cm³/mol. The number of thiophene rings is 1. The lowest BCUT2D eigenvalue weighted by molar-refractivity contribution is -0.119. The minimum atomic E-state index is -0.0181. The molecule has 1 amide bonds. The van der Waals surface area contributed by atoms with Gasteiger partial charge in [0.25, 0.3) is 5.56 Å². The molecule has 0 atom stereocenters. The van der Waals surface area contributed by atoms with Crippen molar-refractivity contribution in [3.05, 3.63) is 26.6 Å². The number of aromatic nitrogens is 2. The van der Waals surface area contributed by atoms with Crippen LogP contribution in [0.1, 0.15) is 54.8 Å². The fourth-order valence-electron chi connectivity index (χ4n) is 3.86. The van der Waals surface area contributed by atoms with Crippen molar-refractivity contribution < 1.29 is 4.79 Å². The minimum Gasteiger partial charge on any atom is -0.353 e. The summed E-state index contributed by atoms with van der Waals surface area (Å²) in [6.07, 6.45) is 9.07. The lowest BCUT2D eigenvalue weighted by Crippen LogP contribution is -2.33. The van der Waals surface area contributed by atoms with Crippen molar-refractivity contribution in [2.45, 2.75) is 63.2 Å². The second kappa shape index (κ2) is 7.50. The average molecular weight is 378 g/mol. The topological polar surface area (TPSA) is 74.8 Å². The third-order valence-electron chi connectivity index (χ3n) is 5.07. The third kappa shape index (κ3) is 3.77. The van der Waals surface area contributed by atoms with E-state index in [9.17, 15) is 9.59 Å². The van der Waals surface area contributed by atoms with Crippen LogP contribution in [0.4, 0.5) is 0 Å². The number of amides is 1. The molecule has 134 valence electrons. The fourth-order valence-corrected chi connectivity index (χ4v) is 5.84. The highest BCUT2D eigenvalue weighted by atomic mass is 32.2. The molecule has 2 N–H and O–H groups in total. The van der Waals surface area contributed by atoms with Crippen molar-refractivity contribution in [3.8, 4) is 0 Å². The molecule has 7 heteroatoms. The van der Waals surface area contributed by atoms with Crippen LogP contribution in [0.5, 0.6) is 0 Å². The molecular weight excluding hydrogens is 354 g/mol. The number of fused-ring (bicyclic) bond motifs is 3. The Labute approximate surface area is 155 Å². The Bertz CT molecular complexity index is 837. The van der Waals surface area contributed by atoms with Crippen LogP contribution in [0.15, 0.2) is 4.79 Å². The van der Waals surface area contributed by atoms with Crippen LogP contribution in [-0.2, 0) is 23.4 Å². The Kier molecular flexibility index (Phi) is 5.12. The molecule has 1 saturated carbocycles. The van der Waals surface area contributed by atoms with Gasteiger partial charge in [-0.05, 0) is 44.1 Å². The molecule has 2 aromatic rings. The Morgan fingerprint density at radius 3 is 2.88 bits per heavy atom. The Morgan fingerprint density at radius 2 is 2.04 bits per heavy atom. The first-order chi connectivity index (χ1) is 12.2. The van der Waals surface area contributed by atoms with Gasteiger partial charge in [0.15, 0.2) is 0 Å². The van der Waals surface area contributed by atoms with Gasteiger partial charge in [0, 0.05) is 10.9 Å². The Morgan fingerprint density at radius 1 is 1.24 bits per heavy atom. The standard InChI is InChI=1S/C18H23N3O2S2/c22-15(19-11-5-1-2-6-11)10-24-9-14-20-17(23)16-12-7-3-4-8-13(12)25-18(16)21-14/h11H,1-10H2,(H,19,22)(H,20,21,23). The summed E-state index contributed by atoms with van der Waals surface area (Å²) < 4.78 is 0. The van der Waals surface area contributed by atoms with Gasteiger partial charge in [0.05, 0.1) is 16.9 Å². The quantitative estimate of drug-likeness (QED) is 0.839. The summed E-state index contributed by atoms with van der Waals surface area (Å²) in [5.74, 6) is 1.74. The number of thioether (sulfide) groups is 1. The second-order valence-electron chi connectivity index (χ2n) is 6.95. The molecule has 25 heavy (non-hydrogen) atoms. The smallest absolute Gasteiger partial charge is 0.259 e. The zero-order chi connectivity index (χ0) is 17.2. The Balaban J connectivity index is 1.40. The summed E-state index contributed by atoms with van der Waals surface area (Å²) in [5, 5.41) is 3.89. The van der Waals surface area contributed by atoms with E-state index in [2.05, 4.69) is 15.3 Å². The van der Waals surface area contributed by atoms with Crippen molar-refractivity contribution in [3.63, 3.8) is 0 Å². The molecule has 0 saturated heterocycles. The van der Waals surface area contributed by atoms with Crippen molar-refractivity contribution in [1.29, 1.82) is 0 Å². The van der Waals surface area contributed by atoms with E-state index in [1.807, 2.05) is 0 Å². The van der Waals surface area contributed by atoms with E-state index < -0.39 is 0 Å². The first kappa shape index (κ1) is 17.1. The molecule has 4 rings (SSSR count). The predicted octanol–water partition coefficient (Wildman–Crippen LogP) is 3.16. The monoisotopic (exact) mass is 377 g/mol. The fraction of sp³-hybridized carbons (Fsp3) is 0.611. The summed E-state index contributed by atoms with van der Waals surface area (Å²) in [7, 11) is 0. The molecule has 2 heterocycles. The maximum Gasteiger partial charge on any atom is 0.259 e. The highest BCUT2D eigenvalue weighted by molar-refractivity contribution is 7.99. The van der Waals surface area contributed by atoms with E-state index in [0.29, 0.717) is 23.4 Å². The first-order valence-electron chi connectivity index (χ1n) is 9.11. The van der Waals surface area contributed by atoms with E-state index in [1.165, 1.54) is 41.5 Å². The number of rotatable bonds is 5. The maximum absolute atomic E-state index is 12.5. The number of H-pyrrole nitrogens is 1. The molecule has 2 aliphatic carbocycles. The van der Waals surface area contributed by atoms with Crippen LogP contribution in [0.25, 0.3) is 10.2 Å². The van der Waals surface area contributed by atoms with Gasteiger partial charge in [-0.1, -0.05) is 12.8 Å². The number of hydrogen-bond donors (Lipinski definition) is 2. The first-order valence-corrected chi connectivity index (χ1v) is 11.1. The molecule has 1 fully saturated rings. The zero-order valence-corrected chi connectivity index (χ0v) is 15.9. The van der Waals surface area contributed by atoms with Gasteiger partial charge < -0.3 is 10.3 Å². The highest BCUT2D eigenvalue weighted by Crippen LogP contribution is 2.33. The number of aromatic amines is 1. The molecule has 5 nitrogen and oxygen atoms in total. The van der Waals surface area contributed by atoms with E-state index in [1.54, 1.807) is 11.3 Å². The minimum absolute atomic E-state index is 0.0181. The van der Waals surface area contributed by atoms with E-state index in [4.69, 9.17) is 0 Å². The second-order valence-corrected chi connectivity index (χ2v) is 9.01. The van der Waals surface area contributed by atoms with Gasteiger partial charge in [-0.15, -0.1) is 23.1 Å². The average Bonchev–Trinajstić information content (AvgIpc) is 3.21. The van der Waals surface area contributed by atoms with Crippen LogP contribution in [-0.4, -0.2) is 27.7 Å². The van der Waals surface area contributed by atoms with E-state index in [-0.39, 0.29) is 11.5 Å². The lowest BCUT2D eigenvalue weighted by atomic mass is 9.97. The lowest BCUT2D eigenvalue weighted by Gasteiger charge is -2.11. The van der Waals surface area contributed by atoms with Crippen molar-refractivity contribution in [2.24, 2.45) is 0 Å². The van der Waals surface area contributed by atoms with Crippen LogP contribution >= 0.6 is 23.1 Å². The van der Waals surface area contributed by atoms with Crippen LogP contribution in [0.3, 0.4) is 0 Å². The van der Waals surface area contributed by atoms with E-state index >= 15 is 0 Å². The SMILES string of the molecule is O=C(CSCc1nc2sc3c(c2c(=O)[nH]1)CCCC3)NC1CCCC1. The summed E-state index contributed by atoms with van der Waals surface area (Å²) >= 11 is 3.18. The van der Waals surface area contributed by atoms with Crippen molar-refractivity contribution in [2.75, 3.05) is 5.75 Å². The number of aryl methyl sites for hydroxylation is 2. The zero-order valence-electron chi connectivity index (χ0n) is 14.2. The van der Waals surface area contributed by atoms with Gasteiger partial charge in [-0.2, -0.15) is 0 Å². The van der Waals surface area contributed by atoms with Crippen molar-refractivity contribution >= 4 is 39.2 Å². The summed E-state index contributed by atoms with van der Waals surface area (Å²) in [4.78, 5) is 34.2. The molecule has 0 aromatic carbocycles. The van der Waals surface area contributed by atoms with E-state index in [0.717, 1.165) is 42.3 Å². The van der Waals surface area contributed by atoms with Crippen molar-refractivity contribution in [1.82, 2.24) is 15.3 Å². The molecule has 2 aliphatic rings. The molecule has 0 unspecified atom stereocenters. The van der Waals surface area contributed by atoms with Crippen LogP contribution in [0, 0.1) is 0 Å². The molecule has 0 spiro atoms. The van der Waals surface area contributed by atoms with Gasteiger partial charge in [-0.3, -0.25) is 9.59 Å². The molecular formula is C18H23N3O2S2. The normalized spacial score (nSPS) is 17.8. The van der Waals surface area contributed by atoms with Gasteiger partial charge in [0.2, 0.25) is 5.91 Å².